The molecule has 3 rings (SSSR count). The number of hydrogen-bond donors (Lipinski definition) is 1. The Morgan fingerprint density at radius 1 is 1.29 bits per heavy atom. The SMILES string of the molecule is CN(C(=O)Cc1ccc2nonc2c1)C1CCC(N)CC1. The largest absolute Gasteiger partial charge is 0.342 e. The zero-order valence-corrected chi connectivity index (χ0v) is 12.2. The minimum atomic E-state index is 0.131. The second kappa shape index (κ2) is 5.81. The Bertz CT molecular complexity index is 631. The van der Waals surface area contributed by atoms with Crippen LogP contribution in [0.25, 0.3) is 11.0 Å². The van der Waals surface area contributed by atoms with Crippen LogP contribution < -0.4 is 5.73 Å². The zero-order chi connectivity index (χ0) is 14.8. The minimum Gasteiger partial charge on any atom is -0.342 e. The van der Waals surface area contributed by atoms with E-state index in [2.05, 4.69) is 14.9 Å². The van der Waals surface area contributed by atoms with Crippen molar-refractivity contribution in [3.8, 4) is 0 Å². The first-order chi connectivity index (χ1) is 10.1. The van der Waals surface area contributed by atoms with Gasteiger partial charge in [0.2, 0.25) is 5.91 Å². The van der Waals surface area contributed by atoms with Crippen LogP contribution in [0.3, 0.4) is 0 Å². The fourth-order valence-corrected chi connectivity index (χ4v) is 2.93. The Hall–Kier alpha value is -1.95. The van der Waals surface area contributed by atoms with E-state index in [9.17, 15) is 4.79 Å². The number of likely N-dealkylation sites (N-methyl/N-ethyl adjacent to an activating group) is 1. The summed E-state index contributed by atoms with van der Waals surface area (Å²) in [5.74, 6) is 0.131. The van der Waals surface area contributed by atoms with E-state index in [1.165, 1.54) is 0 Å². The third-order valence-electron chi connectivity index (χ3n) is 4.36. The summed E-state index contributed by atoms with van der Waals surface area (Å²) >= 11 is 0. The molecule has 1 aliphatic carbocycles. The van der Waals surface area contributed by atoms with Crippen LogP contribution in [0.15, 0.2) is 22.8 Å². The van der Waals surface area contributed by atoms with E-state index in [1.807, 2.05) is 30.1 Å². The smallest absolute Gasteiger partial charge is 0.226 e. The highest BCUT2D eigenvalue weighted by molar-refractivity contribution is 5.81. The van der Waals surface area contributed by atoms with Gasteiger partial charge < -0.3 is 10.6 Å². The van der Waals surface area contributed by atoms with E-state index >= 15 is 0 Å². The molecule has 1 amide bonds. The van der Waals surface area contributed by atoms with E-state index in [0.717, 1.165) is 31.2 Å². The molecule has 1 heterocycles. The molecule has 1 aromatic heterocycles. The van der Waals surface area contributed by atoms with Crippen molar-refractivity contribution in [3.63, 3.8) is 0 Å². The molecule has 0 radical (unpaired) electrons. The van der Waals surface area contributed by atoms with E-state index in [1.54, 1.807) is 0 Å². The fraction of sp³-hybridized carbons (Fsp3) is 0.533. The van der Waals surface area contributed by atoms with Crippen LogP contribution in [0.2, 0.25) is 0 Å². The summed E-state index contributed by atoms with van der Waals surface area (Å²) in [5, 5.41) is 7.57. The number of amides is 1. The molecule has 6 heteroatoms. The summed E-state index contributed by atoms with van der Waals surface area (Å²) in [6.45, 7) is 0. The van der Waals surface area contributed by atoms with E-state index in [-0.39, 0.29) is 5.91 Å². The van der Waals surface area contributed by atoms with Gasteiger partial charge in [0.1, 0.15) is 11.0 Å². The molecule has 1 saturated carbocycles. The summed E-state index contributed by atoms with van der Waals surface area (Å²) in [5.41, 5.74) is 8.24. The summed E-state index contributed by atoms with van der Waals surface area (Å²) in [4.78, 5) is 14.3. The van der Waals surface area contributed by atoms with Gasteiger partial charge in [0, 0.05) is 19.1 Å². The van der Waals surface area contributed by atoms with Crippen molar-refractivity contribution in [1.29, 1.82) is 0 Å². The van der Waals surface area contributed by atoms with Gasteiger partial charge in [-0.2, -0.15) is 0 Å². The maximum absolute atomic E-state index is 12.4. The molecule has 0 aliphatic heterocycles. The van der Waals surface area contributed by atoms with E-state index in [4.69, 9.17) is 5.73 Å². The number of nitrogens with zero attached hydrogens (tertiary/aromatic N) is 3. The van der Waals surface area contributed by atoms with Crippen molar-refractivity contribution in [2.45, 2.75) is 44.2 Å². The highest BCUT2D eigenvalue weighted by Gasteiger charge is 2.25. The first-order valence-electron chi connectivity index (χ1n) is 7.36. The van der Waals surface area contributed by atoms with Gasteiger partial charge in [0.05, 0.1) is 6.42 Å². The van der Waals surface area contributed by atoms with Crippen molar-refractivity contribution in [2.75, 3.05) is 7.05 Å². The maximum Gasteiger partial charge on any atom is 0.226 e. The molecule has 1 aliphatic rings. The molecule has 0 bridgehead atoms. The highest BCUT2D eigenvalue weighted by atomic mass is 16.6. The van der Waals surface area contributed by atoms with Gasteiger partial charge >= 0.3 is 0 Å². The second-order valence-corrected chi connectivity index (χ2v) is 5.84. The van der Waals surface area contributed by atoms with Crippen molar-refractivity contribution in [2.24, 2.45) is 5.73 Å². The number of nitrogens with two attached hydrogens (primary N) is 1. The minimum absolute atomic E-state index is 0.131. The molecule has 0 unspecified atom stereocenters. The van der Waals surface area contributed by atoms with Crippen molar-refractivity contribution < 1.29 is 9.42 Å². The Morgan fingerprint density at radius 2 is 2.00 bits per heavy atom. The standard InChI is InChI=1S/C15H20N4O2/c1-19(12-5-3-11(16)4-6-12)15(20)9-10-2-7-13-14(8-10)18-21-17-13/h2,7-8,11-12H,3-6,9,16H2,1H3. The van der Waals surface area contributed by atoms with Crippen LogP contribution in [0, 0.1) is 0 Å². The van der Waals surface area contributed by atoms with Gasteiger partial charge in [0.15, 0.2) is 0 Å². The zero-order valence-electron chi connectivity index (χ0n) is 12.2. The van der Waals surface area contributed by atoms with Gasteiger partial charge in [-0.1, -0.05) is 6.07 Å². The Labute approximate surface area is 123 Å². The Balaban J connectivity index is 1.64. The molecule has 2 N–H and O–H groups in total. The van der Waals surface area contributed by atoms with Gasteiger partial charge in [-0.15, -0.1) is 0 Å². The summed E-state index contributed by atoms with van der Waals surface area (Å²) in [6, 6.07) is 6.19. The quantitative estimate of drug-likeness (QED) is 0.925. The first kappa shape index (κ1) is 14.0. The molecule has 6 nitrogen and oxygen atoms in total. The molecule has 0 saturated heterocycles. The summed E-state index contributed by atoms with van der Waals surface area (Å²) < 4.78 is 4.67. The van der Waals surface area contributed by atoms with E-state index < -0.39 is 0 Å². The number of aromatic nitrogens is 2. The lowest BCUT2D eigenvalue weighted by Crippen LogP contribution is -2.42. The maximum atomic E-state index is 12.4. The second-order valence-electron chi connectivity index (χ2n) is 5.84. The van der Waals surface area contributed by atoms with Crippen molar-refractivity contribution >= 4 is 16.9 Å². The topological polar surface area (TPSA) is 85.2 Å². The van der Waals surface area contributed by atoms with Crippen LogP contribution in [-0.4, -0.2) is 40.3 Å². The normalized spacial score (nSPS) is 22.4. The van der Waals surface area contributed by atoms with Crippen LogP contribution in [0.5, 0.6) is 0 Å². The lowest BCUT2D eigenvalue weighted by atomic mass is 9.91. The molecule has 112 valence electrons. The molecule has 1 aromatic carbocycles. The summed E-state index contributed by atoms with van der Waals surface area (Å²) in [6.07, 6.45) is 4.37. The van der Waals surface area contributed by atoms with Crippen LogP contribution in [0.4, 0.5) is 0 Å². The number of fused-ring (bicyclic) bond motifs is 1. The molecule has 21 heavy (non-hydrogen) atoms. The van der Waals surface area contributed by atoms with Crippen LogP contribution in [0.1, 0.15) is 31.2 Å². The van der Waals surface area contributed by atoms with Crippen molar-refractivity contribution in [1.82, 2.24) is 15.2 Å². The molecule has 1 fully saturated rings. The lowest BCUT2D eigenvalue weighted by Gasteiger charge is -2.33. The highest BCUT2D eigenvalue weighted by Crippen LogP contribution is 2.22. The van der Waals surface area contributed by atoms with Gasteiger partial charge in [-0.3, -0.25) is 4.79 Å². The van der Waals surface area contributed by atoms with Gasteiger partial charge in [-0.25, -0.2) is 4.63 Å². The number of carbonyl (C=O) groups is 1. The molecular weight excluding hydrogens is 268 g/mol. The first-order valence-corrected chi connectivity index (χ1v) is 7.36. The lowest BCUT2D eigenvalue weighted by molar-refractivity contribution is -0.131. The van der Waals surface area contributed by atoms with Crippen molar-refractivity contribution in [3.05, 3.63) is 23.8 Å². The third kappa shape index (κ3) is 3.05. The molecule has 0 atom stereocenters. The van der Waals surface area contributed by atoms with Crippen LogP contribution in [-0.2, 0) is 11.2 Å². The number of benzene rings is 1. The Morgan fingerprint density at radius 3 is 2.76 bits per heavy atom. The number of rotatable bonds is 3. The van der Waals surface area contributed by atoms with Gasteiger partial charge in [0.25, 0.3) is 0 Å². The summed E-state index contributed by atoms with van der Waals surface area (Å²) in [7, 11) is 1.89. The predicted molar refractivity (Wildman–Crippen MR) is 78.5 cm³/mol. The van der Waals surface area contributed by atoms with Gasteiger partial charge in [-0.05, 0) is 53.7 Å². The van der Waals surface area contributed by atoms with E-state index in [0.29, 0.717) is 29.5 Å². The molecular formula is C15H20N4O2. The average Bonchev–Trinajstić information content (AvgIpc) is 2.95. The Kier molecular flexibility index (Phi) is 3.88. The fourth-order valence-electron chi connectivity index (χ4n) is 2.93. The average molecular weight is 288 g/mol. The predicted octanol–water partition coefficient (Wildman–Crippen LogP) is 1.49. The molecule has 0 spiro atoms. The monoisotopic (exact) mass is 288 g/mol. The third-order valence-corrected chi connectivity index (χ3v) is 4.36. The molecule has 2 aromatic rings. The number of carbonyl (C=O) groups excluding carboxylic acids is 1. The number of hydrogen-bond acceptors (Lipinski definition) is 5. The van der Waals surface area contributed by atoms with Crippen LogP contribution >= 0.6 is 0 Å².